The number of aromatic hydroxyl groups is 1. The molecule has 0 radical (unpaired) electrons. The molecular weight excluding hydrogens is 200 g/mol. The largest absolute Gasteiger partial charge is 0.507 e. The number of phenols is 1. The first-order valence-corrected chi connectivity index (χ1v) is 5.06. The van der Waals surface area contributed by atoms with Crippen LogP contribution in [0.1, 0.15) is 15.9 Å². The zero-order valence-corrected chi connectivity index (χ0v) is 8.97. The van der Waals surface area contributed by atoms with Gasteiger partial charge in [0.2, 0.25) is 0 Å². The van der Waals surface area contributed by atoms with E-state index in [0.717, 1.165) is 16.7 Å². The molecule has 2 aromatic rings. The third-order valence-electron chi connectivity index (χ3n) is 2.51. The van der Waals surface area contributed by atoms with Crippen molar-refractivity contribution in [3.63, 3.8) is 0 Å². The summed E-state index contributed by atoms with van der Waals surface area (Å²) >= 11 is 0. The molecule has 0 aromatic heterocycles. The van der Waals surface area contributed by atoms with Crippen molar-refractivity contribution in [1.82, 2.24) is 0 Å². The van der Waals surface area contributed by atoms with E-state index in [1.54, 1.807) is 12.1 Å². The van der Waals surface area contributed by atoms with Gasteiger partial charge >= 0.3 is 0 Å². The van der Waals surface area contributed by atoms with Crippen molar-refractivity contribution in [3.8, 4) is 16.9 Å². The van der Waals surface area contributed by atoms with E-state index >= 15 is 0 Å². The average Bonchev–Trinajstić information content (AvgIpc) is 2.29. The van der Waals surface area contributed by atoms with Gasteiger partial charge in [-0.05, 0) is 30.2 Å². The van der Waals surface area contributed by atoms with E-state index in [9.17, 15) is 9.90 Å². The van der Waals surface area contributed by atoms with Crippen LogP contribution in [0.3, 0.4) is 0 Å². The number of benzene rings is 2. The Balaban J connectivity index is 2.49. The summed E-state index contributed by atoms with van der Waals surface area (Å²) in [5.41, 5.74) is 3.42. The molecule has 0 amide bonds. The highest BCUT2D eigenvalue weighted by atomic mass is 16.3. The Labute approximate surface area is 94.2 Å². The Morgan fingerprint density at radius 3 is 2.44 bits per heavy atom. The lowest BCUT2D eigenvalue weighted by molar-refractivity contribution is 0.112. The summed E-state index contributed by atoms with van der Waals surface area (Å²) in [6, 6.07) is 13.1. The third kappa shape index (κ3) is 1.96. The summed E-state index contributed by atoms with van der Waals surface area (Å²) in [5, 5.41) is 9.59. The molecule has 0 saturated carbocycles. The van der Waals surface area contributed by atoms with E-state index in [1.807, 2.05) is 37.3 Å². The normalized spacial score (nSPS) is 10.1. The number of hydrogen-bond donors (Lipinski definition) is 1. The second-order valence-corrected chi connectivity index (χ2v) is 3.76. The molecule has 2 nitrogen and oxygen atoms in total. The lowest BCUT2D eigenvalue weighted by atomic mass is 10.0. The van der Waals surface area contributed by atoms with Gasteiger partial charge in [0.1, 0.15) is 5.75 Å². The summed E-state index contributed by atoms with van der Waals surface area (Å²) in [5.74, 6) is 0.0222. The molecular formula is C14H12O2. The monoisotopic (exact) mass is 212 g/mol. The molecule has 0 bridgehead atoms. The molecule has 2 aromatic carbocycles. The fourth-order valence-corrected chi connectivity index (χ4v) is 1.65. The molecule has 0 aliphatic rings. The van der Waals surface area contributed by atoms with E-state index in [0.29, 0.717) is 11.8 Å². The van der Waals surface area contributed by atoms with Crippen molar-refractivity contribution >= 4 is 6.29 Å². The minimum atomic E-state index is 0.0222. The first-order chi connectivity index (χ1) is 7.70. The minimum absolute atomic E-state index is 0.0222. The van der Waals surface area contributed by atoms with Gasteiger partial charge in [0.05, 0.1) is 5.56 Å². The van der Waals surface area contributed by atoms with Crippen LogP contribution in [0.25, 0.3) is 11.1 Å². The molecule has 0 spiro atoms. The summed E-state index contributed by atoms with van der Waals surface area (Å²) in [4.78, 5) is 10.6. The molecule has 80 valence electrons. The maximum absolute atomic E-state index is 10.6. The van der Waals surface area contributed by atoms with Crippen molar-refractivity contribution in [3.05, 3.63) is 53.6 Å². The van der Waals surface area contributed by atoms with Crippen LogP contribution in [0, 0.1) is 6.92 Å². The summed E-state index contributed by atoms with van der Waals surface area (Å²) in [6.07, 6.45) is 0.648. The van der Waals surface area contributed by atoms with Gasteiger partial charge in [-0.2, -0.15) is 0 Å². The molecule has 0 aliphatic heterocycles. The van der Waals surface area contributed by atoms with E-state index in [2.05, 4.69) is 0 Å². The highest BCUT2D eigenvalue weighted by molar-refractivity contribution is 5.81. The molecule has 0 saturated heterocycles. The molecule has 1 N–H and O–H groups in total. The fourth-order valence-electron chi connectivity index (χ4n) is 1.65. The lowest BCUT2D eigenvalue weighted by Crippen LogP contribution is -1.84. The number of rotatable bonds is 2. The van der Waals surface area contributed by atoms with Crippen LogP contribution >= 0.6 is 0 Å². The molecule has 0 atom stereocenters. The molecule has 0 unspecified atom stereocenters. The number of aryl methyl sites for hydroxylation is 1. The summed E-state index contributed by atoms with van der Waals surface area (Å²) in [7, 11) is 0. The average molecular weight is 212 g/mol. The van der Waals surface area contributed by atoms with E-state index in [4.69, 9.17) is 0 Å². The van der Waals surface area contributed by atoms with Crippen molar-refractivity contribution in [2.45, 2.75) is 6.92 Å². The van der Waals surface area contributed by atoms with Crippen molar-refractivity contribution in [1.29, 1.82) is 0 Å². The quantitative estimate of drug-likeness (QED) is 0.776. The van der Waals surface area contributed by atoms with Crippen molar-refractivity contribution in [2.75, 3.05) is 0 Å². The number of aldehydes is 1. The van der Waals surface area contributed by atoms with Crippen LogP contribution in [0.4, 0.5) is 0 Å². The standard InChI is InChI=1S/C14H12O2/c1-10-3-2-4-11(7-10)12-5-6-13(9-15)14(16)8-12/h2-9,16H,1H3. The second-order valence-electron chi connectivity index (χ2n) is 3.76. The molecule has 16 heavy (non-hydrogen) atoms. The first-order valence-electron chi connectivity index (χ1n) is 5.06. The van der Waals surface area contributed by atoms with Gasteiger partial charge in [-0.1, -0.05) is 35.9 Å². The first kappa shape index (κ1) is 10.4. The molecule has 0 fully saturated rings. The van der Waals surface area contributed by atoms with Gasteiger partial charge in [0.15, 0.2) is 6.29 Å². The maximum Gasteiger partial charge on any atom is 0.153 e. The number of carbonyl (C=O) groups is 1. The zero-order valence-electron chi connectivity index (χ0n) is 8.97. The number of carbonyl (C=O) groups excluding carboxylic acids is 1. The Bertz CT molecular complexity index is 530. The highest BCUT2D eigenvalue weighted by Crippen LogP contribution is 2.26. The van der Waals surface area contributed by atoms with Crippen LogP contribution in [0.15, 0.2) is 42.5 Å². The summed E-state index contributed by atoms with van der Waals surface area (Å²) in [6.45, 7) is 2.02. The fraction of sp³-hybridized carbons (Fsp3) is 0.0714. The van der Waals surface area contributed by atoms with Crippen LogP contribution in [0.2, 0.25) is 0 Å². The Hall–Kier alpha value is -2.09. The van der Waals surface area contributed by atoms with Gasteiger partial charge in [0, 0.05) is 0 Å². The minimum Gasteiger partial charge on any atom is -0.507 e. The van der Waals surface area contributed by atoms with Gasteiger partial charge in [-0.3, -0.25) is 4.79 Å². The van der Waals surface area contributed by atoms with Gasteiger partial charge in [-0.25, -0.2) is 0 Å². The van der Waals surface area contributed by atoms with Crippen LogP contribution in [0.5, 0.6) is 5.75 Å². The predicted octanol–water partition coefficient (Wildman–Crippen LogP) is 3.18. The Morgan fingerprint density at radius 1 is 1.06 bits per heavy atom. The SMILES string of the molecule is Cc1cccc(-c2ccc(C=O)c(O)c2)c1. The van der Waals surface area contributed by atoms with E-state index in [-0.39, 0.29) is 5.75 Å². The highest BCUT2D eigenvalue weighted by Gasteiger charge is 2.03. The number of hydrogen-bond acceptors (Lipinski definition) is 2. The molecule has 2 heteroatoms. The van der Waals surface area contributed by atoms with E-state index < -0.39 is 0 Å². The van der Waals surface area contributed by atoms with Crippen molar-refractivity contribution < 1.29 is 9.90 Å². The smallest absolute Gasteiger partial charge is 0.153 e. The second kappa shape index (κ2) is 4.19. The third-order valence-corrected chi connectivity index (χ3v) is 2.51. The van der Waals surface area contributed by atoms with Crippen LogP contribution < -0.4 is 0 Å². The maximum atomic E-state index is 10.6. The van der Waals surface area contributed by atoms with Crippen LogP contribution in [-0.4, -0.2) is 11.4 Å². The van der Waals surface area contributed by atoms with Gasteiger partial charge < -0.3 is 5.11 Å². The lowest BCUT2D eigenvalue weighted by Gasteiger charge is -2.04. The van der Waals surface area contributed by atoms with Gasteiger partial charge in [0.25, 0.3) is 0 Å². The Morgan fingerprint density at radius 2 is 1.81 bits per heavy atom. The molecule has 0 aliphatic carbocycles. The summed E-state index contributed by atoms with van der Waals surface area (Å²) < 4.78 is 0. The molecule has 0 heterocycles. The van der Waals surface area contributed by atoms with E-state index in [1.165, 1.54) is 0 Å². The predicted molar refractivity (Wildman–Crippen MR) is 63.7 cm³/mol. The van der Waals surface area contributed by atoms with Crippen molar-refractivity contribution in [2.24, 2.45) is 0 Å². The van der Waals surface area contributed by atoms with Crippen LogP contribution in [-0.2, 0) is 0 Å². The van der Waals surface area contributed by atoms with Gasteiger partial charge in [-0.15, -0.1) is 0 Å². The Kier molecular flexibility index (Phi) is 2.73. The topological polar surface area (TPSA) is 37.3 Å². The number of phenolic OH excluding ortho intramolecular Hbond substituents is 1. The molecule has 2 rings (SSSR count). The zero-order chi connectivity index (χ0) is 11.5.